The molecule has 0 spiro atoms. The molecule has 0 amide bonds. The Morgan fingerprint density at radius 3 is 2.32 bits per heavy atom. The van der Waals surface area contributed by atoms with Gasteiger partial charge < -0.3 is 5.11 Å². The van der Waals surface area contributed by atoms with Crippen molar-refractivity contribution in [3.63, 3.8) is 0 Å². The van der Waals surface area contributed by atoms with E-state index in [2.05, 4.69) is 50.0 Å². The van der Waals surface area contributed by atoms with E-state index in [1.807, 2.05) is 0 Å². The van der Waals surface area contributed by atoms with Crippen molar-refractivity contribution in [1.82, 2.24) is 0 Å². The first-order valence-corrected chi connectivity index (χ1v) is 7.54. The number of unbranched alkanes of at least 4 members (excludes halogenated alkanes) is 3. The van der Waals surface area contributed by atoms with Crippen molar-refractivity contribution in [2.75, 3.05) is 0 Å². The molecule has 1 unspecified atom stereocenters. The number of aryl methyl sites for hydroxylation is 1. The van der Waals surface area contributed by atoms with E-state index >= 15 is 0 Å². The lowest BCUT2D eigenvalue weighted by atomic mass is 10.1. The normalized spacial score (nSPS) is 11.7. The zero-order chi connectivity index (χ0) is 13.9. The van der Waals surface area contributed by atoms with Gasteiger partial charge in [0.1, 0.15) is 6.10 Å². The highest BCUT2D eigenvalue weighted by atomic mass is 16.3. The Morgan fingerprint density at radius 1 is 1.00 bits per heavy atom. The molecule has 104 valence electrons. The summed E-state index contributed by atoms with van der Waals surface area (Å²) in [6.45, 7) is 4.37. The highest BCUT2D eigenvalue weighted by molar-refractivity contribution is 5.36. The second-order valence-electron chi connectivity index (χ2n) is 5.08. The van der Waals surface area contributed by atoms with Gasteiger partial charge in [0.15, 0.2) is 0 Å². The third-order valence-electron chi connectivity index (χ3n) is 3.24. The first-order valence-electron chi connectivity index (χ1n) is 7.54. The second-order valence-corrected chi connectivity index (χ2v) is 5.08. The summed E-state index contributed by atoms with van der Waals surface area (Å²) in [5, 5.41) is 9.73. The maximum Gasteiger partial charge on any atom is 0.115 e. The van der Waals surface area contributed by atoms with E-state index in [1.54, 1.807) is 0 Å². The molecule has 0 aliphatic carbocycles. The maximum atomic E-state index is 9.73. The summed E-state index contributed by atoms with van der Waals surface area (Å²) in [7, 11) is 0. The molecule has 0 radical (unpaired) electrons. The maximum absolute atomic E-state index is 9.73. The lowest BCUT2D eigenvalue weighted by Crippen LogP contribution is -2.02. The van der Waals surface area contributed by atoms with E-state index in [4.69, 9.17) is 0 Å². The highest BCUT2D eigenvalue weighted by Gasteiger charge is 1.98. The first kappa shape index (κ1) is 15.8. The van der Waals surface area contributed by atoms with Gasteiger partial charge in [0.05, 0.1) is 0 Å². The molecule has 1 heteroatoms. The molecule has 0 aliphatic heterocycles. The topological polar surface area (TPSA) is 20.2 Å². The summed E-state index contributed by atoms with van der Waals surface area (Å²) in [5.41, 5.74) is 2.37. The van der Waals surface area contributed by atoms with Crippen LogP contribution in [-0.4, -0.2) is 11.2 Å². The predicted octanol–water partition coefficient (Wildman–Crippen LogP) is 4.32. The lowest BCUT2D eigenvalue weighted by Gasteiger charge is -2.02. The first-order chi connectivity index (χ1) is 9.26. The fourth-order valence-electron chi connectivity index (χ4n) is 1.96. The summed E-state index contributed by atoms with van der Waals surface area (Å²) in [5.74, 6) is 5.98. The number of benzene rings is 1. The molecule has 1 aromatic carbocycles. The van der Waals surface area contributed by atoms with Crippen LogP contribution in [0, 0.1) is 11.8 Å². The van der Waals surface area contributed by atoms with Gasteiger partial charge in [0.2, 0.25) is 0 Å². The van der Waals surface area contributed by atoms with Crippen LogP contribution in [0.2, 0.25) is 0 Å². The van der Waals surface area contributed by atoms with Crippen LogP contribution in [0.3, 0.4) is 0 Å². The summed E-state index contributed by atoms with van der Waals surface area (Å²) in [4.78, 5) is 0. The molecule has 0 fully saturated rings. The van der Waals surface area contributed by atoms with Crippen molar-refractivity contribution in [3.8, 4) is 11.8 Å². The minimum Gasteiger partial charge on any atom is -0.380 e. The average Bonchev–Trinajstić information content (AvgIpc) is 2.44. The molecule has 19 heavy (non-hydrogen) atoms. The largest absolute Gasteiger partial charge is 0.380 e. The minimum atomic E-state index is -0.480. The summed E-state index contributed by atoms with van der Waals surface area (Å²) in [6, 6.07) is 8.39. The number of aliphatic hydroxyl groups excluding tert-OH is 1. The van der Waals surface area contributed by atoms with E-state index < -0.39 is 6.10 Å². The molecule has 0 saturated heterocycles. The van der Waals surface area contributed by atoms with Crippen LogP contribution >= 0.6 is 0 Å². The van der Waals surface area contributed by atoms with Crippen molar-refractivity contribution in [2.24, 2.45) is 0 Å². The molecular formula is C18H26O. The van der Waals surface area contributed by atoms with Crippen LogP contribution in [-0.2, 0) is 6.42 Å². The monoisotopic (exact) mass is 258 g/mol. The lowest BCUT2D eigenvalue weighted by molar-refractivity contribution is 0.217. The number of rotatable bonds is 7. The van der Waals surface area contributed by atoms with Crippen molar-refractivity contribution >= 4 is 0 Å². The Balaban J connectivity index is 2.44. The van der Waals surface area contributed by atoms with Gasteiger partial charge in [-0.15, -0.1) is 0 Å². The van der Waals surface area contributed by atoms with Crippen LogP contribution in [0.1, 0.15) is 63.5 Å². The predicted molar refractivity (Wildman–Crippen MR) is 82.1 cm³/mol. The second kappa shape index (κ2) is 9.64. The van der Waals surface area contributed by atoms with Crippen LogP contribution in [0.5, 0.6) is 0 Å². The quantitative estimate of drug-likeness (QED) is 0.570. The molecule has 0 aromatic heterocycles. The molecule has 1 rings (SSSR count). The molecular weight excluding hydrogens is 232 g/mol. The van der Waals surface area contributed by atoms with Crippen molar-refractivity contribution in [2.45, 2.75) is 64.9 Å². The standard InChI is InChI=1S/C18H26O/c1-3-5-7-9-18(19)15-14-17-12-10-16(11-13-17)8-6-4-2/h10-13,18-19H,3-9H2,1-2H3. The van der Waals surface area contributed by atoms with Crippen LogP contribution in [0.15, 0.2) is 24.3 Å². The summed E-state index contributed by atoms with van der Waals surface area (Å²) in [6.07, 6.45) is 7.32. The third-order valence-corrected chi connectivity index (χ3v) is 3.24. The third kappa shape index (κ3) is 7.03. The van der Waals surface area contributed by atoms with Crippen LogP contribution in [0.4, 0.5) is 0 Å². The summed E-state index contributed by atoms with van der Waals surface area (Å²) >= 11 is 0. The number of hydrogen-bond acceptors (Lipinski definition) is 1. The molecule has 0 bridgehead atoms. The van der Waals surface area contributed by atoms with E-state index in [-0.39, 0.29) is 0 Å². The van der Waals surface area contributed by atoms with Gasteiger partial charge in [-0.05, 0) is 43.4 Å². The molecule has 0 heterocycles. The Labute approximate surface area is 118 Å². The molecule has 1 nitrogen and oxygen atoms in total. The molecule has 1 atom stereocenters. The Bertz CT molecular complexity index is 394. The van der Waals surface area contributed by atoms with E-state index in [0.29, 0.717) is 0 Å². The van der Waals surface area contributed by atoms with E-state index in [9.17, 15) is 5.11 Å². The molecule has 1 aromatic rings. The highest BCUT2D eigenvalue weighted by Crippen LogP contribution is 2.07. The van der Waals surface area contributed by atoms with Gasteiger partial charge in [0.25, 0.3) is 0 Å². The smallest absolute Gasteiger partial charge is 0.115 e. The van der Waals surface area contributed by atoms with Gasteiger partial charge in [-0.2, -0.15) is 0 Å². The zero-order valence-corrected chi connectivity index (χ0v) is 12.3. The van der Waals surface area contributed by atoms with Gasteiger partial charge in [-0.3, -0.25) is 0 Å². The SMILES string of the molecule is CCCCCC(O)C#Cc1ccc(CCCC)cc1. The van der Waals surface area contributed by atoms with Gasteiger partial charge in [-0.1, -0.05) is 57.1 Å². The van der Waals surface area contributed by atoms with Crippen molar-refractivity contribution < 1.29 is 5.11 Å². The van der Waals surface area contributed by atoms with Gasteiger partial charge >= 0.3 is 0 Å². The van der Waals surface area contributed by atoms with E-state index in [0.717, 1.165) is 24.8 Å². The van der Waals surface area contributed by atoms with Crippen molar-refractivity contribution in [1.29, 1.82) is 0 Å². The molecule has 1 N–H and O–H groups in total. The molecule has 0 saturated carbocycles. The van der Waals surface area contributed by atoms with Crippen molar-refractivity contribution in [3.05, 3.63) is 35.4 Å². The Hall–Kier alpha value is -1.26. The zero-order valence-electron chi connectivity index (χ0n) is 12.3. The van der Waals surface area contributed by atoms with Gasteiger partial charge in [0, 0.05) is 5.56 Å². The van der Waals surface area contributed by atoms with Gasteiger partial charge in [-0.25, -0.2) is 0 Å². The minimum absolute atomic E-state index is 0.480. The fourth-order valence-corrected chi connectivity index (χ4v) is 1.96. The van der Waals surface area contributed by atoms with Crippen LogP contribution in [0.25, 0.3) is 0 Å². The molecule has 0 aliphatic rings. The summed E-state index contributed by atoms with van der Waals surface area (Å²) < 4.78 is 0. The fraction of sp³-hybridized carbons (Fsp3) is 0.556. The van der Waals surface area contributed by atoms with Crippen LogP contribution < -0.4 is 0 Å². The van der Waals surface area contributed by atoms with E-state index in [1.165, 1.54) is 31.2 Å². The Morgan fingerprint density at radius 2 is 1.68 bits per heavy atom. The number of hydrogen-bond donors (Lipinski definition) is 1. The Kier molecular flexibility index (Phi) is 8.02. The average molecular weight is 258 g/mol. The number of aliphatic hydroxyl groups is 1.